The van der Waals surface area contributed by atoms with Crippen LogP contribution in [0.1, 0.15) is 81.8 Å². The topological polar surface area (TPSA) is 353 Å². The van der Waals surface area contributed by atoms with Crippen molar-refractivity contribution in [3.05, 3.63) is 133 Å². The Balaban J connectivity index is 0.000000119. The van der Waals surface area contributed by atoms with Gasteiger partial charge >= 0.3 is 5.97 Å². The van der Waals surface area contributed by atoms with Gasteiger partial charge in [0.05, 0.1) is 60.7 Å². The van der Waals surface area contributed by atoms with E-state index in [-0.39, 0.29) is 158 Å². The molecule has 0 spiro atoms. The van der Waals surface area contributed by atoms with Crippen LogP contribution in [0.4, 0.5) is 0 Å². The number of amides is 4. The predicted octanol–water partition coefficient (Wildman–Crippen LogP) is 9.73. The van der Waals surface area contributed by atoms with Crippen LogP contribution in [-0.4, -0.2) is 111 Å². The van der Waals surface area contributed by atoms with Crippen molar-refractivity contribution in [1.29, 1.82) is 0 Å². The Bertz CT molecular complexity index is 4430. The molecule has 30 heteroatoms. The zero-order valence-corrected chi connectivity index (χ0v) is 55.0. The molecule has 0 radical (unpaired) electrons. The van der Waals surface area contributed by atoms with Crippen molar-refractivity contribution < 1.29 is 144 Å². The Kier molecular flexibility index (Phi) is 20.4. The number of aromatic hydroxyl groups is 2. The van der Waals surface area contributed by atoms with Crippen LogP contribution in [-0.2, 0) is 56.2 Å². The number of carbonyl (C=O) groups is 7. The number of ketones is 2. The fraction of sp³-hybridized carbons (Fsp3) is 0.254. The maximum atomic E-state index is 12.0. The molecular formula is C67H56ClN2O26W-. The van der Waals surface area contributed by atoms with E-state index < -0.39 is 0 Å². The SMILES string of the molecule is CCOC(=O)Cc1coc2cc3c(cc12)OCO3.O=C(CCl)c1cc2c(cc1O)OCO2.O=C1CCC(c2coc3cc4c(cc23)OCO4)C(=O)N1.O=C1CCC(c2coc3cc4c(cc23)OCO4)C(=O)N1.O=C1COc2cc3c(cc21)OCO3.Oc1ccc2c(c1)OCO2.[CH3-].[W]. The number of Topliss-reactive ketones (excluding diaryl/α,β-unsaturated/α-hetero) is 2. The second-order valence-electron chi connectivity index (χ2n) is 21.5. The van der Waals surface area contributed by atoms with E-state index in [2.05, 4.69) is 10.6 Å². The first-order valence-electron chi connectivity index (χ1n) is 29.3. The van der Waals surface area contributed by atoms with E-state index in [0.717, 1.165) is 32.8 Å². The van der Waals surface area contributed by atoms with Gasteiger partial charge in [0, 0.05) is 103 Å². The van der Waals surface area contributed by atoms with Crippen molar-refractivity contribution in [3.8, 4) is 86.2 Å². The van der Waals surface area contributed by atoms with Gasteiger partial charge in [0.15, 0.2) is 81.4 Å². The van der Waals surface area contributed by atoms with E-state index in [9.17, 15) is 38.7 Å². The Labute approximate surface area is 567 Å². The van der Waals surface area contributed by atoms with Crippen LogP contribution in [0, 0.1) is 7.43 Å². The van der Waals surface area contributed by atoms with E-state index >= 15 is 0 Å². The minimum absolute atomic E-state index is 0. The van der Waals surface area contributed by atoms with Crippen LogP contribution in [0.25, 0.3) is 32.9 Å². The van der Waals surface area contributed by atoms with Gasteiger partial charge in [0.1, 0.15) is 34.0 Å². The molecule has 9 aliphatic rings. The first-order chi connectivity index (χ1) is 46.1. The molecular weight excluding hydrogens is 1470 g/mol. The van der Waals surface area contributed by atoms with Crippen molar-refractivity contribution in [2.75, 3.05) is 59.9 Å². The maximum absolute atomic E-state index is 12.0. The smallest absolute Gasteiger partial charge is 0.310 e. The summed E-state index contributed by atoms with van der Waals surface area (Å²) in [6.07, 6.45) is 6.57. The monoisotopic (exact) mass is 1520 g/mol. The molecule has 97 heavy (non-hydrogen) atoms. The van der Waals surface area contributed by atoms with Gasteiger partial charge in [-0.1, -0.05) is 0 Å². The number of ether oxygens (including phenoxy) is 14. The minimum atomic E-state index is -0.366. The third-order valence-electron chi connectivity index (χ3n) is 15.6. The fourth-order valence-corrected chi connectivity index (χ4v) is 11.1. The molecule has 2 saturated heterocycles. The molecule has 0 saturated carbocycles. The summed E-state index contributed by atoms with van der Waals surface area (Å²) in [7, 11) is 0. The molecule has 2 fully saturated rings. The van der Waals surface area contributed by atoms with Crippen molar-refractivity contribution >= 4 is 85.7 Å². The number of halogens is 1. The number of alkyl halides is 1. The number of esters is 1. The van der Waals surface area contributed by atoms with Crippen LogP contribution >= 0.6 is 11.6 Å². The Morgan fingerprint density at radius 1 is 0.505 bits per heavy atom. The van der Waals surface area contributed by atoms with Gasteiger partial charge < -0.3 is 97.2 Å². The normalized spacial score (nSPS) is 16.7. The van der Waals surface area contributed by atoms with Gasteiger partial charge in [-0.2, -0.15) is 0 Å². The van der Waals surface area contributed by atoms with Crippen molar-refractivity contribution in [2.24, 2.45) is 0 Å². The molecule has 504 valence electrons. The summed E-state index contributed by atoms with van der Waals surface area (Å²) in [5.74, 6) is 5.51. The summed E-state index contributed by atoms with van der Waals surface area (Å²) in [5.41, 5.74) is 5.07. The molecule has 3 aromatic heterocycles. The van der Waals surface area contributed by atoms with E-state index in [1.807, 2.05) is 18.2 Å². The van der Waals surface area contributed by atoms with Gasteiger partial charge in [-0.25, -0.2) is 0 Å². The number of carbonyl (C=O) groups excluding carboxylic acids is 7. The molecule has 28 nitrogen and oxygen atoms in total. The van der Waals surface area contributed by atoms with Crippen LogP contribution in [0.3, 0.4) is 0 Å². The minimum Gasteiger partial charge on any atom is -0.508 e. The summed E-state index contributed by atoms with van der Waals surface area (Å²) in [6.45, 7) is 3.45. The summed E-state index contributed by atoms with van der Waals surface area (Å²) < 4.78 is 88.7. The molecule has 9 aromatic rings. The fourth-order valence-electron chi connectivity index (χ4n) is 11.0. The number of phenols is 2. The van der Waals surface area contributed by atoms with Gasteiger partial charge in [0.2, 0.25) is 70.2 Å². The zero-order chi connectivity index (χ0) is 65.9. The maximum Gasteiger partial charge on any atom is 0.310 e. The second-order valence-corrected chi connectivity index (χ2v) is 21.7. The van der Waals surface area contributed by atoms with E-state index in [0.29, 0.717) is 129 Å². The molecule has 4 N–H and O–H groups in total. The Morgan fingerprint density at radius 2 is 0.928 bits per heavy atom. The molecule has 0 bridgehead atoms. The van der Waals surface area contributed by atoms with Crippen LogP contribution in [0.5, 0.6) is 86.2 Å². The van der Waals surface area contributed by atoms with E-state index in [1.54, 1.807) is 68.2 Å². The summed E-state index contributed by atoms with van der Waals surface area (Å²) >= 11 is 5.38. The number of furan rings is 3. The quantitative estimate of drug-likeness (QED) is 0.0379. The molecule has 18 rings (SSSR count). The number of benzene rings is 6. The second kappa shape index (κ2) is 29.3. The molecule has 4 amide bonds. The third kappa shape index (κ3) is 14.5. The zero-order valence-electron chi connectivity index (χ0n) is 51.3. The third-order valence-corrected chi connectivity index (χ3v) is 15.9. The Morgan fingerprint density at radius 3 is 1.42 bits per heavy atom. The number of piperidine rings is 2. The number of nitrogens with one attached hydrogen (secondary N) is 2. The summed E-state index contributed by atoms with van der Waals surface area (Å²) in [6, 6.07) is 21.7. The van der Waals surface area contributed by atoms with E-state index in [4.69, 9.17) is 96.3 Å². The average Bonchev–Trinajstić information content (AvgIpc) is 1.67. The summed E-state index contributed by atoms with van der Waals surface area (Å²) in [5, 5.41) is 25.6. The van der Waals surface area contributed by atoms with Crippen LogP contribution < -0.4 is 72.2 Å². The molecule has 6 aromatic carbocycles. The molecule has 2 unspecified atom stereocenters. The van der Waals surface area contributed by atoms with Gasteiger partial charge in [-0.3, -0.25) is 44.2 Å². The molecule has 2 atom stereocenters. The van der Waals surface area contributed by atoms with Crippen molar-refractivity contribution in [1.82, 2.24) is 10.6 Å². The van der Waals surface area contributed by atoms with Crippen molar-refractivity contribution in [2.45, 2.75) is 50.9 Å². The standard InChI is InChI=1S/2C14H11NO5.C13H12O5.C9H7ClO4.C9H6O4.C7H6O3.CH3.W/c2*16-13-2-1-7(14(17)15-13)9-5-18-10-4-12-11(3-8(9)10)19-6-20-12;1-2-15-13(14)3-8-6-16-10-5-12-11(4-9(8)10)17-7-18-12;10-3-7(12)5-1-8-9(2-6(5)11)14-4-13-8;10-6-3-11-7-2-9-8(1-5(6)7)12-4-13-9;8-5-1-2-6-7(3-5)10-4-9-6;;/h2*3-5,7H,1-2,6H2,(H,15,16,17);4-6H,2-3,7H2,1H3;1-2,11H,3-4H2;1-2H,3-4H2;1-3,8H,4H2;1H3;/q;;;;;;-1;. The van der Waals surface area contributed by atoms with Crippen LogP contribution in [0.2, 0.25) is 0 Å². The molecule has 9 aliphatic heterocycles. The number of fused-ring (bicyclic) bond motifs is 10. The molecule has 0 aliphatic carbocycles. The largest absolute Gasteiger partial charge is 0.508 e. The molecule has 12 heterocycles. The Hall–Kier alpha value is -11.0. The number of hydrogen-bond donors (Lipinski definition) is 4. The predicted molar refractivity (Wildman–Crippen MR) is 330 cm³/mol. The number of hydrogen-bond acceptors (Lipinski definition) is 26. The van der Waals surface area contributed by atoms with Crippen molar-refractivity contribution in [3.63, 3.8) is 0 Å². The van der Waals surface area contributed by atoms with E-state index in [1.165, 1.54) is 18.2 Å². The van der Waals surface area contributed by atoms with Gasteiger partial charge in [-0.15, -0.1) is 11.6 Å². The average molecular weight is 1520 g/mol. The number of phenolic OH excluding ortho intramolecular Hbond substituents is 2. The first kappa shape index (κ1) is 67.4. The van der Waals surface area contributed by atoms with Gasteiger partial charge in [-0.05, 0) is 62.2 Å². The first-order valence-corrected chi connectivity index (χ1v) is 29.8. The van der Waals surface area contributed by atoms with Gasteiger partial charge in [0.25, 0.3) is 0 Å². The van der Waals surface area contributed by atoms with Crippen LogP contribution in [0.15, 0.2) is 111 Å². The number of rotatable bonds is 7. The number of imide groups is 2. The summed E-state index contributed by atoms with van der Waals surface area (Å²) in [4.78, 5) is 80.3.